The molecule has 25 heavy (non-hydrogen) atoms. The fourth-order valence-corrected chi connectivity index (χ4v) is 4.37. The van der Waals surface area contributed by atoms with Crippen molar-refractivity contribution in [1.29, 1.82) is 0 Å². The van der Waals surface area contributed by atoms with Crippen LogP contribution in [0.3, 0.4) is 0 Å². The minimum absolute atomic E-state index is 0.105. The van der Waals surface area contributed by atoms with Gasteiger partial charge in [0.2, 0.25) is 10.0 Å². The van der Waals surface area contributed by atoms with E-state index < -0.39 is 10.0 Å². The van der Waals surface area contributed by atoms with Gasteiger partial charge in [-0.2, -0.15) is 4.31 Å². The van der Waals surface area contributed by atoms with Gasteiger partial charge in [0.1, 0.15) is 0 Å². The SMILES string of the molecule is CCCCN(CC)C(=O)c1cccc(S(=O)(=O)N2CCN(C)CC2)c1. The van der Waals surface area contributed by atoms with E-state index in [1.165, 1.54) is 10.4 Å². The minimum atomic E-state index is -3.55. The summed E-state index contributed by atoms with van der Waals surface area (Å²) in [5.41, 5.74) is 0.438. The molecule has 1 aromatic carbocycles. The van der Waals surface area contributed by atoms with Gasteiger partial charge in [-0.1, -0.05) is 19.4 Å². The lowest BCUT2D eigenvalue weighted by molar-refractivity contribution is 0.0762. The van der Waals surface area contributed by atoms with Crippen LogP contribution in [0.1, 0.15) is 37.0 Å². The maximum Gasteiger partial charge on any atom is 0.253 e. The Morgan fingerprint density at radius 3 is 2.44 bits per heavy atom. The monoisotopic (exact) mass is 367 g/mol. The topological polar surface area (TPSA) is 60.9 Å². The first kappa shape index (κ1) is 19.9. The molecule has 0 unspecified atom stereocenters. The van der Waals surface area contributed by atoms with Crippen LogP contribution in [0, 0.1) is 0 Å². The first-order valence-corrected chi connectivity index (χ1v) is 10.4. The molecule has 1 aromatic rings. The van der Waals surface area contributed by atoms with Crippen LogP contribution in [0.2, 0.25) is 0 Å². The van der Waals surface area contributed by atoms with Gasteiger partial charge in [0, 0.05) is 44.8 Å². The summed E-state index contributed by atoms with van der Waals surface area (Å²) in [6.07, 6.45) is 1.96. The number of carbonyl (C=O) groups is 1. The highest BCUT2D eigenvalue weighted by Crippen LogP contribution is 2.19. The third-order valence-corrected chi connectivity index (χ3v) is 6.53. The van der Waals surface area contributed by atoms with E-state index in [0.29, 0.717) is 31.7 Å². The predicted octanol–water partition coefficient (Wildman–Crippen LogP) is 1.88. The van der Waals surface area contributed by atoms with Crippen LogP contribution in [0.4, 0.5) is 0 Å². The van der Waals surface area contributed by atoms with E-state index in [-0.39, 0.29) is 10.8 Å². The molecule has 1 fully saturated rings. The molecule has 7 heteroatoms. The second kappa shape index (κ2) is 8.78. The van der Waals surface area contributed by atoms with Gasteiger partial charge < -0.3 is 9.80 Å². The molecular weight excluding hydrogens is 338 g/mol. The van der Waals surface area contributed by atoms with Crippen LogP contribution in [0.25, 0.3) is 0 Å². The molecule has 0 aliphatic carbocycles. The maximum absolute atomic E-state index is 12.9. The summed E-state index contributed by atoms with van der Waals surface area (Å²) in [6, 6.07) is 6.45. The smallest absolute Gasteiger partial charge is 0.253 e. The van der Waals surface area contributed by atoms with Gasteiger partial charge in [-0.25, -0.2) is 8.42 Å². The van der Waals surface area contributed by atoms with Crippen molar-refractivity contribution in [2.45, 2.75) is 31.6 Å². The summed E-state index contributed by atoms with van der Waals surface area (Å²) >= 11 is 0. The Hall–Kier alpha value is -1.44. The summed E-state index contributed by atoms with van der Waals surface area (Å²) in [5, 5.41) is 0. The number of nitrogens with zero attached hydrogens (tertiary/aromatic N) is 3. The molecule has 0 bridgehead atoms. The molecular formula is C18H29N3O3S. The Bertz CT molecular complexity index is 683. The highest BCUT2D eigenvalue weighted by molar-refractivity contribution is 7.89. The van der Waals surface area contributed by atoms with E-state index in [0.717, 1.165) is 25.9 Å². The van der Waals surface area contributed by atoms with E-state index in [9.17, 15) is 13.2 Å². The Morgan fingerprint density at radius 1 is 1.16 bits per heavy atom. The zero-order valence-electron chi connectivity index (χ0n) is 15.4. The molecule has 0 spiro atoms. The van der Waals surface area contributed by atoms with Gasteiger partial charge in [-0.3, -0.25) is 4.79 Å². The highest BCUT2D eigenvalue weighted by atomic mass is 32.2. The fourth-order valence-electron chi connectivity index (χ4n) is 2.90. The number of hydrogen-bond donors (Lipinski definition) is 0. The standard InChI is InChI=1S/C18H29N3O3S/c1-4-6-10-20(5-2)18(22)16-8-7-9-17(15-16)25(23,24)21-13-11-19(3)12-14-21/h7-9,15H,4-6,10-14H2,1-3H3. The van der Waals surface area contributed by atoms with Gasteiger partial charge in [0.15, 0.2) is 0 Å². The van der Waals surface area contributed by atoms with Crippen LogP contribution in [-0.2, 0) is 10.0 Å². The number of unbranched alkanes of at least 4 members (excludes halogenated alkanes) is 1. The average Bonchev–Trinajstić information content (AvgIpc) is 2.62. The van der Waals surface area contributed by atoms with Gasteiger partial charge in [0.05, 0.1) is 4.90 Å². The molecule has 1 amide bonds. The quantitative estimate of drug-likeness (QED) is 0.738. The average molecular weight is 368 g/mol. The van der Waals surface area contributed by atoms with Crippen molar-refractivity contribution < 1.29 is 13.2 Å². The van der Waals surface area contributed by atoms with Crippen molar-refractivity contribution in [2.75, 3.05) is 46.3 Å². The van der Waals surface area contributed by atoms with E-state index >= 15 is 0 Å². The van der Waals surface area contributed by atoms with Crippen LogP contribution < -0.4 is 0 Å². The van der Waals surface area contributed by atoms with Gasteiger partial charge in [-0.05, 0) is 38.6 Å². The van der Waals surface area contributed by atoms with Crippen LogP contribution in [0.15, 0.2) is 29.2 Å². The molecule has 0 N–H and O–H groups in total. The third kappa shape index (κ3) is 4.80. The van der Waals surface area contributed by atoms with Crippen molar-refractivity contribution in [2.24, 2.45) is 0 Å². The fraction of sp³-hybridized carbons (Fsp3) is 0.611. The molecule has 1 heterocycles. The second-order valence-corrected chi connectivity index (χ2v) is 8.41. The van der Waals surface area contributed by atoms with E-state index in [1.807, 2.05) is 14.0 Å². The molecule has 0 aromatic heterocycles. The first-order valence-electron chi connectivity index (χ1n) is 8.98. The molecule has 0 saturated carbocycles. The summed E-state index contributed by atoms with van der Waals surface area (Å²) < 4.78 is 27.2. The lowest BCUT2D eigenvalue weighted by Crippen LogP contribution is -2.47. The molecule has 0 radical (unpaired) electrons. The third-order valence-electron chi connectivity index (χ3n) is 4.63. The number of carbonyl (C=O) groups excluding carboxylic acids is 1. The zero-order valence-corrected chi connectivity index (χ0v) is 16.3. The van der Waals surface area contributed by atoms with E-state index in [1.54, 1.807) is 23.1 Å². The number of likely N-dealkylation sites (N-methyl/N-ethyl adjacent to an activating group) is 1. The van der Waals surface area contributed by atoms with Crippen molar-refractivity contribution in [3.05, 3.63) is 29.8 Å². The van der Waals surface area contributed by atoms with E-state index in [4.69, 9.17) is 0 Å². The van der Waals surface area contributed by atoms with Crippen LogP contribution in [0.5, 0.6) is 0 Å². The normalized spacial score (nSPS) is 16.8. The first-order chi connectivity index (χ1) is 11.9. The molecule has 6 nitrogen and oxygen atoms in total. The van der Waals surface area contributed by atoms with Crippen molar-refractivity contribution in [3.8, 4) is 0 Å². The Balaban J connectivity index is 2.21. The van der Waals surface area contributed by atoms with Crippen LogP contribution >= 0.6 is 0 Å². The summed E-state index contributed by atoms with van der Waals surface area (Å²) in [4.78, 5) is 16.8. The van der Waals surface area contributed by atoms with Crippen molar-refractivity contribution in [1.82, 2.24) is 14.1 Å². The molecule has 0 atom stereocenters. The lowest BCUT2D eigenvalue weighted by Gasteiger charge is -2.31. The van der Waals surface area contributed by atoms with Gasteiger partial charge >= 0.3 is 0 Å². The summed E-state index contributed by atoms with van der Waals surface area (Å²) in [7, 11) is -1.57. The van der Waals surface area contributed by atoms with Gasteiger partial charge in [-0.15, -0.1) is 0 Å². The number of benzene rings is 1. The van der Waals surface area contributed by atoms with Crippen molar-refractivity contribution in [3.63, 3.8) is 0 Å². The number of hydrogen-bond acceptors (Lipinski definition) is 4. The second-order valence-electron chi connectivity index (χ2n) is 6.47. The molecule has 140 valence electrons. The van der Waals surface area contributed by atoms with Crippen LogP contribution in [-0.4, -0.2) is 74.7 Å². The molecule has 1 aliphatic heterocycles. The molecule has 1 aliphatic rings. The van der Waals surface area contributed by atoms with Crippen molar-refractivity contribution >= 4 is 15.9 Å². The highest BCUT2D eigenvalue weighted by Gasteiger charge is 2.28. The summed E-state index contributed by atoms with van der Waals surface area (Å²) in [6.45, 7) is 7.75. The minimum Gasteiger partial charge on any atom is -0.339 e. The predicted molar refractivity (Wildman–Crippen MR) is 99.2 cm³/mol. The maximum atomic E-state index is 12.9. The zero-order chi connectivity index (χ0) is 18.4. The number of sulfonamides is 1. The molecule has 1 saturated heterocycles. The number of piperazine rings is 1. The number of amides is 1. The Labute approximate surface area is 151 Å². The summed E-state index contributed by atoms with van der Waals surface area (Å²) in [5.74, 6) is -0.105. The van der Waals surface area contributed by atoms with E-state index in [2.05, 4.69) is 11.8 Å². The Kier molecular flexibility index (Phi) is 6.98. The van der Waals surface area contributed by atoms with Gasteiger partial charge in [0.25, 0.3) is 5.91 Å². The molecule has 2 rings (SSSR count). The largest absolute Gasteiger partial charge is 0.339 e. The Morgan fingerprint density at radius 2 is 1.84 bits per heavy atom. The lowest BCUT2D eigenvalue weighted by atomic mass is 10.2. The number of rotatable bonds is 7.